The van der Waals surface area contributed by atoms with Crippen molar-refractivity contribution in [3.05, 3.63) is 35.4 Å². The summed E-state index contributed by atoms with van der Waals surface area (Å²) in [5.41, 5.74) is 3.95. The predicted octanol–water partition coefficient (Wildman–Crippen LogP) is 2.87. The summed E-state index contributed by atoms with van der Waals surface area (Å²) in [5.74, 6) is -2.13. The first kappa shape index (κ1) is 29.8. The number of rotatable bonds is 9. The van der Waals surface area contributed by atoms with Gasteiger partial charge in [0.05, 0.1) is 11.1 Å². The van der Waals surface area contributed by atoms with Crippen LogP contribution in [-0.4, -0.2) is 59.4 Å². The topological polar surface area (TPSA) is 126 Å². The smallest absolute Gasteiger partial charge is 0.334 e. The molecule has 0 saturated heterocycles. The number of imide groups is 1. The molecule has 0 fully saturated rings. The number of carbonyl (C=O) groups is 3. The molecule has 4 N–H and O–H groups in total. The van der Waals surface area contributed by atoms with Crippen LogP contribution >= 0.6 is 24.8 Å². The Kier molecular flexibility index (Phi) is 11.3. The molecular formula is C21H31Cl2FN4O4. The number of alkyl halides is 1. The predicted molar refractivity (Wildman–Crippen MR) is 125 cm³/mol. The van der Waals surface area contributed by atoms with Gasteiger partial charge >= 0.3 is 5.97 Å². The van der Waals surface area contributed by atoms with Crippen molar-refractivity contribution in [2.45, 2.75) is 51.2 Å². The molecule has 0 spiro atoms. The second-order valence-electron chi connectivity index (χ2n) is 8.22. The van der Waals surface area contributed by atoms with E-state index in [1.165, 1.54) is 0 Å². The number of hydrogen-bond acceptors (Lipinski definition) is 6. The number of hydrogen-bond donors (Lipinski definition) is 3. The molecule has 1 aromatic carbocycles. The van der Waals surface area contributed by atoms with Crippen LogP contribution in [-0.2, 0) is 9.53 Å². The standard InChI is InChI=1S/C21H29FN4O4.2ClH/c1-20(2,3)30-19(29)21(13-23,10-6-7-11-25-16(24)12-22)26-17(27)14-8-4-5-9-15(14)18(26)28;;/h4-5,8-9H,6-7,10-13,23H2,1-3H3,(H2,24,25);2*1H. The molecule has 1 atom stereocenters. The van der Waals surface area contributed by atoms with Crippen molar-refractivity contribution in [2.75, 3.05) is 19.8 Å². The Bertz CT molecular complexity index is 812. The Labute approximate surface area is 199 Å². The largest absolute Gasteiger partial charge is 0.458 e. The maximum absolute atomic E-state index is 13.2. The molecular weight excluding hydrogens is 462 g/mol. The highest BCUT2D eigenvalue weighted by molar-refractivity contribution is 6.23. The molecule has 1 aliphatic rings. The lowest BCUT2D eigenvalue weighted by molar-refractivity contribution is -0.167. The fourth-order valence-corrected chi connectivity index (χ4v) is 3.36. The molecule has 8 nitrogen and oxygen atoms in total. The minimum atomic E-state index is -1.66. The first-order valence-corrected chi connectivity index (χ1v) is 9.86. The third-order valence-corrected chi connectivity index (χ3v) is 4.83. The van der Waals surface area contributed by atoms with Crippen LogP contribution in [0, 0.1) is 5.41 Å². The van der Waals surface area contributed by atoms with Crippen LogP contribution in [0.3, 0.4) is 0 Å². The van der Waals surface area contributed by atoms with Crippen molar-refractivity contribution in [1.82, 2.24) is 10.2 Å². The highest BCUT2D eigenvalue weighted by Crippen LogP contribution is 2.34. The lowest BCUT2D eigenvalue weighted by Gasteiger charge is -2.39. The summed E-state index contributed by atoms with van der Waals surface area (Å²) >= 11 is 0. The maximum Gasteiger partial charge on any atom is 0.334 e. The average molecular weight is 493 g/mol. The quantitative estimate of drug-likeness (QED) is 0.160. The molecule has 0 bridgehead atoms. The van der Waals surface area contributed by atoms with Crippen molar-refractivity contribution in [3.8, 4) is 0 Å². The third kappa shape index (κ3) is 6.40. The Morgan fingerprint density at radius 3 is 2.09 bits per heavy atom. The number of nitrogens with zero attached hydrogens (tertiary/aromatic N) is 1. The molecule has 0 aromatic heterocycles. The molecule has 2 amide bonds. The summed E-state index contributed by atoms with van der Waals surface area (Å²) in [6.45, 7) is 4.23. The van der Waals surface area contributed by atoms with Gasteiger partial charge in [-0.15, -0.1) is 24.8 Å². The number of ether oxygens (including phenoxy) is 1. The molecule has 0 saturated carbocycles. The van der Waals surface area contributed by atoms with Crippen molar-refractivity contribution in [1.29, 1.82) is 5.41 Å². The van der Waals surface area contributed by atoms with Crippen molar-refractivity contribution in [3.63, 3.8) is 0 Å². The molecule has 180 valence electrons. The molecule has 1 aliphatic heterocycles. The minimum absolute atomic E-state index is 0. The number of halogens is 3. The Balaban J connectivity index is 0.00000480. The van der Waals surface area contributed by atoms with Crippen LogP contribution in [0.4, 0.5) is 4.39 Å². The molecule has 2 rings (SSSR count). The average Bonchev–Trinajstić information content (AvgIpc) is 2.95. The molecule has 1 aromatic rings. The van der Waals surface area contributed by atoms with E-state index in [0.29, 0.717) is 19.4 Å². The molecule has 1 heterocycles. The van der Waals surface area contributed by atoms with Crippen LogP contribution in [0.5, 0.6) is 0 Å². The van der Waals surface area contributed by atoms with E-state index < -0.39 is 35.6 Å². The monoisotopic (exact) mass is 492 g/mol. The van der Waals surface area contributed by atoms with E-state index in [1.807, 2.05) is 0 Å². The Morgan fingerprint density at radius 1 is 1.12 bits per heavy atom. The fourth-order valence-electron chi connectivity index (χ4n) is 3.36. The van der Waals surface area contributed by atoms with E-state index in [2.05, 4.69) is 5.32 Å². The van der Waals surface area contributed by atoms with Gasteiger partial charge in [-0.05, 0) is 52.2 Å². The van der Waals surface area contributed by atoms with Gasteiger partial charge in [-0.3, -0.25) is 19.9 Å². The highest BCUT2D eigenvalue weighted by Gasteiger charge is 2.54. The maximum atomic E-state index is 13.2. The van der Waals surface area contributed by atoms with E-state index in [1.54, 1.807) is 45.0 Å². The lowest BCUT2D eigenvalue weighted by Crippen LogP contribution is -2.62. The van der Waals surface area contributed by atoms with Crippen LogP contribution < -0.4 is 11.1 Å². The fraction of sp³-hybridized carbons (Fsp3) is 0.524. The number of fused-ring (bicyclic) bond motifs is 1. The van der Waals surface area contributed by atoms with Crippen LogP contribution in [0.15, 0.2) is 24.3 Å². The summed E-state index contributed by atoms with van der Waals surface area (Å²) in [7, 11) is 0. The molecule has 1 unspecified atom stereocenters. The Morgan fingerprint density at radius 2 is 1.66 bits per heavy atom. The van der Waals surface area contributed by atoms with Gasteiger partial charge in [-0.2, -0.15) is 0 Å². The number of esters is 1. The number of amidine groups is 1. The van der Waals surface area contributed by atoms with E-state index in [0.717, 1.165) is 4.90 Å². The summed E-state index contributed by atoms with van der Waals surface area (Å²) in [4.78, 5) is 40.3. The van der Waals surface area contributed by atoms with Gasteiger partial charge in [0.2, 0.25) is 0 Å². The van der Waals surface area contributed by atoms with E-state index in [-0.39, 0.29) is 54.7 Å². The SMILES string of the molecule is CC(C)(C)OC(=O)C(CN)(CCCCNC(=N)CF)N1C(=O)c2ccccc2C1=O.Cl.Cl. The van der Waals surface area contributed by atoms with Gasteiger partial charge in [0.15, 0.2) is 5.54 Å². The molecule has 11 heteroatoms. The van der Waals surface area contributed by atoms with Gasteiger partial charge in [0.1, 0.15) is 18.1 Å². The number of amides is 2. The highest BCUT2D eigenvalue weighted by atomic mass is 35.5. The number of carbonyl (C=O) groups excluding carboxylic acids is 3. The first-order chi connectivity index (χ1) is 14.1. The van der Waals surface area contributed by atoms with Crippen molar-refractivity contribution in [2.24, 2.45) is 5.73 Å². The van der Waals surface area contributed by atoms with Gasteiger partial charge in [0, 0.05) is 13.1 Å². The summed E-state index contributed by atoms with van der Waals surface area (Å²) < 4.78 is 17.9. The number of benzene rings is 1. The summed E-state index contributed by atoms with van der Waals surface area (Å²) in [6.07, 6.45) is 0.973. The van der Waals surface area contributed by atoms with Crippen LogP contribution in [0.25, 0.3) is 0 Å². The second-order valence-corrected chi connectivity index (χ2v) is 8.22. The minimum Gasteiger partial charge on any atom is -0.458 e. The summed E-state index contributed by atoms with van der Waals surface area (Å²) in [6, 6.07) is 6.38. The normalized spacial score (nSPS) is 14.6. The van der Waals surface area contributed by atoms with E-state index in [4.69, 9.17) is 15.9 Å². The zero-order valence-electron chi connectivity index (χ0n) is 18.4. The van der Waals surface area contributed by atoms with Crippen LogP contribution in [0.1, 0.15) is 60.7 Å². The zero-order chi connectivity index (χ0) is 22.5. The Hall–Kier alpha value is -2.23. The number of nitrogens with one attached hydrogen (secondary N) is 2. The lowest BCUT2D eigenvalue weighted by atomic mass is 9.89. The first-order valence-electron chi connectivity index (χ1n) is 9.86. The van der Waals surface area contributed by atoms with Gasteiger partial charge in [0.25, 0.3) is 11.8 Å². The van der Waals surface area contributed by atoms with Gasteiger partial charge in [-0.1, -0.05) is 12.1 Å². The third-order valence-electron chi connectivity index (χ3n) is 4.83. The molecule has 0 aliphatic carbocycles. The zero-order valence-corrected chi connectivity index (χ0v) is 20.0. The van der Waals surface area contributed by atoms with E-state index in [9.17, 15) is 18.8 Å². The second kappa shape index (κ2) is 12.1. The molecule has 0 radical (unpaired) electrons. The van der Waals surface area contributed by atoms with Gasteiger partial charge < -0.3 is 15.8 Å². The molecule has 32 heavy (non-hydrogen) atoms. The van der Waals surface area contributed by atoms with Crippen LogP contribution in [0.2, 0.25) is 0 Å². The summed E-state index contributed by atoms with van der Waals surface area (Å²) in [5, 5.41) is 9.90. The van der Waals surface area contributed by atoms with Gasteiger partial charge in [-0.25, -0.2) is 9.18 Å². The van der Waals surface area contributed by atoms with Crippen molar-refractivity contribution < 1.29 is 23.5 Å². The van der Waals surface area contributed by atoms with E-state index >= 15 is 0 Å². The number of unbranched alkanes of at least 4 members (excludes halogenated alkanes) is 1. The van der Waals surface area contributed by atoms with Crippen molar-refractivity contribution >= 4 is 48.4 Å². The number of nitrogens with two attached hydrogens (primary N) is 1.